The quantitative estimate of drug-likeness (QED) is 0.216. The summed E-state index contributed by atoms with van der Waals surface area (Å²) in [6, 6.07) is 50.8. The van der Waals surface area contributed by atoms with Crippen LogP contribution in [0, 0.1) is 0 Å². The maximum atomic E-state index is 4.18. The summed E-state index contributed by atoms with van der Waals surface area (Å²) in [6.07, 6.45) is 3.70. The molecule has 0 bridgehead atoms. The molecule has 0 saturated carbocycles. The third-order valence-corrected chi connectivity index (χ3v) is 8.16. The van der Waals surface area contributed by atoms with Gasteiger partial charge in [-0.15, -0.1) is 0 Å². The maximum absolute atomic E-state index is 4.18. The molecule has 1 aromatic heterocycles. The van der Waals surface area contributed by atoms with Crippen LogP contribution in [0.15, 0.2) is 152 Å². The molecule has 186 valence electrons. The average Bonchev–Trinajstić information content (AvgIpc) is 3.04. The first-order valence-corrected chi connectivity index (χ1v) is 13.7. The van der Waals surface area contributed by atoms with Gasteiger partial charge in [-0.05, 0) is 95.0 Å². The number of hydrogen-bond acceptors (Lipinski definition) is 1. The number of rotatable bonds is 4. The summed E-state index contributed by atoms with van der Waals surface area (Å²) in [4.78, 5) is 4.18. The summed E-state index contributed by atoms with van der Waals surface area (Å²) in [7, 11) is 0. The van der Waals surface area contributed by atoms with Crippen LogP contribution in [0.1, 0.15) is 0 Å². The van der Waals surface area contributed by atoms with Crippen molar-refractivity contribution in [1.82, 2.24) is 4.98 Å². The summed E-state index contributed by atoms with van der Waals surface area (Å²) in [6.45, 7) is 0. The molecule has 0 N–H and O–H groups in total. The van der Waals surface area contributed by atoms with E-state index in [4.69, 9.17) is 0 Å². The van der Waals surface area contributed by atoms with Crippen LogP contribution in [0.2, 0.25) is 0 Å². The number of hydrogen-bond donors (Lipinski definition) is 0. The predicted molar refractivity (Wildman–Crippen MR) is 170 cm³/mol. The Hall–Kier alpha value is -5.27. The first-order chi connectivity index (χ1) is 19.8. The highest BCUT2D eigenvalue weighted by Gasteiger charge is 2.18. The molecule has 0 aliphatic rings. The lowest BCUT2D eigenvalue weighted by atomic mass is 9.84. The zero-order chi connectivity index (χ0) is 26.5. The second-order valence-corrected chi connectivity index (χ2v) is 10.4. The van der Waals surface area contributed by atoms with Gasteiger partial charge in [0.2, 0.25) is 0 Å². The van der Waals surface area contributed by atoms with Crippen LogP contribution in [-0.2, 0) is 0 Å². The third-order valence-electron chi connectivity index (χ3n) is 8.16. The molecule has 0 radical (unpaired) electrons. The Kier molecular flexibility index (Phi) is 5.21. The molecule has 1 heteroatoms. The second kappa shape index (κ2) is 9.18. The van der Waals surface area contributed by atoms with Gasteiger partial charge in [0, 0.05) is 12.4 Å². The highest BCUT2D eigenvalue weighted by atomic mass is 14.6. The molecule has 7 aromatic carbocycles. The predicted octanol–water partition coefficient (Wildman–Crippen LogP) is 10.6. The van der Waals surface area contributed by atoms with Gasteiger partial charge in [0.1, 0.15) is 0 Å². The molecular weight excluding hydrogens is 482 g/mol. The Morgan fingerprint density at radius 1 is 0.325 bits per heavy atom. The minimum Gasteiger partial charge on any atom is -0.265 e. The van der Waals surface area contributed by atoms with Gasteiger partial charge in [-0.25, -0.2) is 0 Å². The molecule has 0 fully saturated rings. The van der Waals surface area contributed by atoms with Gasteiger partial charge in [-0.3, -0.25) is 4.98 Å². The fourth-order valence-corrected chi connectivity index (χ4v) is 6.27. The standard InChI is InChI=1S/C39H25N/c1-2-7-28(8-3-1)32-11-4-5-12-33(32)37-25-36(29-15-13-26(14-16-29)27-21-23-40-24-22-27)34-19-17-30-9-6-10-31-18-20-35(37)39(34)38(30)31/h1-25H. The zero-order valence-corrected chi connectivity index (χ0v) is 21.9. The molecule has 0 amide bonds. The number of nitrogens with zero attached hydrogens (tertiary/aromatic N) is 1. The first-order valence-electron chi connectivity index (χ1n) is 13.7. The van der Waals surface area contributed by atoms with E-state index in [1.54, 1.807) is 0 Å². The smallest absolute Gasteiger partial charge is 0.0273 e. The van der Waals surface area contributed by atoms with Crippen LogP contribution in [0.5, 0.6) is 0 Å². The minimum atomic E-state index is 1.18. The maximum Gasteiger partial charge on any atom is 0.0273 e. The Morgan fingerprint density at radius 2 is 0.900 bits per heavy atom. The lowest BCUT2D eigenvalue weighted by Crippen LogP contribution is -1.92. The van der Waals surface area contributed by atoms with Gasteiger partial charge in [0.15, 0.2) is 0 Å². The lowest BCUT2D eigenvalue weighted by Gasteiger charge is -2.19. The van der Waals surface area contributed by atoms with Crippen LogP contribution in [0.25, 0.3) is 76.8 Å². The van der Waals surface area contributed by atoms with E-state index in [2.05, 4.69) is 145 Å². The van der Waals surface area contributed by atoms with Gasteiger partial charge in [-0.2, -0.15) is 0 Å². The van der Waals surface area contributed by atoms with E-state index in [1.165, 1.54) is 76.8 Å². The van der Waals surface area contributed by atoms with Crippen LogP contribution in [0.4, 0.5) is 0 Å². The van der Waals surface area contributed by atoms with E-state index >= 15 is 0 Å². The minimum absolute atomic E-state index is 1.18. The summed E-state index contributed by atoms with van der Waals surface area (Å²) >= 11 is 0. The zero-order valence-electron chi connectivity index (χ0n) is 21.9. The Bertz CT molecular complexity index is 2110. The van der Waals surface area contributed by atoms with Crippen LogP contribution in [-0.4, -0.2) is 4.98 Å². The van der Waals surface area contributed by atoms with Crippen LogP contribution in [0.3, 0.4) is 0 Å². The molecule has 1 heterocycles. The molecule has 1 nitrogen and oxygen atoms in total. The molecule has 0 unspecified atom stereocenters. The van der Waals surface area contributed by atoms with E-state index < -0.39 is 0 Å². The number of aromatic nitrogens is 1. The van der Waals surface area contributed by atoms with Crippen molar-refractivity contribution in [3.8, 4) is 44.5 Å². The van der Waals surface area contributed by atoms with Crippen molar-refractivity contribution in [2.24, 2.45) is 0 Å². The molecule has 8 rings (SSSR count). The molecule has 0 saturated heterocycles. The SMILES string of the molecule is c1ccc(-c2ccccc2-c2cc(-c3ccc(-c4ccncc4)cc3)c3ccc4cccc5ccc2c3c45)cc1. The lowest BCUT2D eigenvalue weighted by molar-refractivity contribution is 1.33. The second-order valence-electron chi connectivity index (χ2n) is 10.4. The van der Waals surface area contributed by atoms with Crippen molar-refractivity contribution in [3.63, 3.8) is 0 Å². The fourth-order valence-electron chi connectivity index (χ4n) is 6.27. The molecule has 0 aliphatic carbocycles. The Labute approximate surface area is 233 Å². The molecule has 40 heavy (non-hydrogen) atoms. The normalized spacial score (nSPS) is 11.5. The Morgan fingerprint density at radius 3 is 1.62 bits per heavy atom. The van der Waals surface area contributed by atoms with Gasteiger partial charge in [0.25, 0.3) is 0 Å². The van der Waals surface area contributed by atoms with E-state index in [9.17, 15) is 0 Å². The van der Waals surface area contributed by atoms with E-state index in [0.717, 1.165) is 0 Å². The molecule has 0 spiro atoms. The van der Waals surface area contributed by atoms with Crippen LogP contribution >= 0.6 is 0 Å². The third kappa shape index (κ3) is 3.60. The number of pyridine rings is 1. The monoisotopic (exact) mass is 507 g/mol. The summed E-state index contributed by atoms with van der Waals surface area (Å²) in [5, 5.41) is 7.82. The van der Waals surface area contributed by atoms with Crippen molar-refractivity contribution in [3.05, 3.63) is 152 Å². The van der Waals surface area contributed by atoms with Crippen molar-refractivity contribution in [2.75, 3.05) is 0 Å². The Balaban J connectivity index is 1.44. The van der Waals surface area contributed by atoms with Gasteiger partial charge >= 0.3 is 0 Å². The van der Waals surface area contributed by atoms with E-state index in [-0.39, 0.29) is 0 Å². The molecular formula is C39H25N. The average molecular weight is 508 g/mol. The number of benzene rings is 7. The summed E-state index contributed by atoms with van der Waals surface area (Å²) in [5.41, 5.74) is 9.83. The van der Waals surface area contributed by atoms with Gasteiger partial charge < -0.3 is 0 Å². The van der Waals surface area contributed by atoms with Crippen molar-refractivity contribution < 1.29 is 0 Å². The first kappa shape index (κ1) is 22.7. The molecule has 8 aromatic rings. The van der Waals surface area contributed by atoms with E-state index in [0.29, 0.717) is 0 Å². The summed E-state index contributed by atoms with van der Waals surface area (Å²) in [5.74, 6) is 0. The highest BCUT2D eigenvalue weighted by Crippen LogP contribution is 2.45. The molecule has 0 atom stereocenters. The van der Waals surface area contributed by atoms with Crippen molar-refractivity contribution in [2.45, 2.75) is 0 Å². The largest absolute Gasteiger partial charge is 0.265 e. The topological polar surface area (TPSA) is 12.9 Å². The molecule has 0 aliphatic heterocycles. The van der Waals surface area contributed by atoms with Crippen LogP contribution < -0.4 is 0 Å². The van der Waals surface area contributed by atoms with Gasteiger partial charge in [0.05, 0.1) is 0 Å². The van der Waals surface area contributed by atoms with E-state index in [1.807, 2.05) is 12.4 Å². The van der Waals surface area contributed by atoms with Gasteiger partial charge in [-0.1, -0.05) is 121 Å². The summed E-state index contributed by atoms with van der Waals surface area (Å²) < 4.78 is 0. The van der Waals surface area contributed by atoms with Crippen molar-refractivity contribution >= 4 is 32.3 Å². The fraction of sp³-hybridized carbons (Fsp3) is 0. The van der Waals surface area contributed by atoms with Crippen molar-refractivity contribution in [1.29, 1.82) is 0 Å². The highest BCUT2D eigenvalue weighted by molar-refractivity contribution is 6.28.